The van der Waals surface area contributed by atoms with Crippen LogP contribution in [-0.4, -0.2) is 63.0 Å². The van der Waals surface area contributed by atoms with Crippen LogP contribution in [-0.2, 0) is 14.9 Å². The second-order valence-corrected chi connectivity index (χ2v) is 6.22. The Hall–Kier alpha value is -0.420. The third-order valence-electron chi connectivity index (χ3n) is 2.89. The summed E-state index contributed by atoms with van der Waals surface area (Å²) in [4.78, 5) is 0. The number of hydrogen-bond donors (Lipinski definition) is 2. The molecule has 0 spiro atoms. The zero-order valence-corrected chi connectivity index (χ0v) is 11.7. The minimum Gasteiger partial charge on any atom is -0.395 e. The van der Waals surface area contributed by atoms with Crippen molar-refractivity contribution >= 4 is 10.2 Å². The van der Waals surface area contributed by atoms with Crippen molar-refractivity contribution < 1.29 is 31.4 Å². The normalized spacial score (nSPS) is 22.1. The molecule has 1 aliphatic heterocycles. The summed E-state index contributed by atoms with van der Waals surface area (Å²) in [6, 6.07) is -0.475. The zero-order chi connectivity index (χ0) is 15.2. The summed E-state index contributed by atoms with van der Waals surface area (Å²) in [6.07, 6.45) is -2.32. The second-order valence-electron chi connectivity index (χ2n) is 4.51. The van der Waals surface area contributed by atoms with Gasteiger partial charge in [0.15, 0.2) is 0 Å². The number of aliphatic hydroxyl groups is 1. The number of hydrogen-bond acceptors (Lipinski definition) is 4. The Morgan fingerprint density at radius 3 is 2.65 bits per heavy atom. The van der Waals surface area contributed by atoms with E-state index in [2.05, 4.69) is 9.46 Å². The first-order chi connectivity index (χ1) is 9.26. The van der Waals surface area contributed by atoms with Gasteiger partial charge in [0, 0.05) is 19.1 Å². The molecule has 1 heterocycles. The Balaban J connectivity index is 2.37. The summed E-state index contributed by atoms with van der Waals surface area (Å²) in [5.74, 6) is 0. The Labute approximate surface area is 116 Å². The van der Waals surface area contributed by atoms with Gasteiger partial charge in [-0.05, 0) is 12.8 Å². The standard InChI is InChI=1S/C10H19F3N2O4S/c11-10(12,13)8-19-6-4-14-20(17,18)15-5-2-1-3-9(15)7-16/h9,14,16H,1-8H2. The van der Waals surface area contributed by atoms with E-state index in [1.165, 1.54) is 0 Å². The van der Waals surface area contributed by atoms with Crippen molar-refractivity contribution in [3.8, 4) is 0 Å². The number of halogens is 3. The third kappa shape index (κ3) is 5.92. The summed E-state index contributed by atoms with van der Waals surface area (Å²) in [5.41, 5.74) is 0. The molecule has 10 heteroatoms. The van der Waals surface area contributed by atoms with Gasteiger partial charge in [-0.3, -0.25) is 0 Å². The van der Waals surface area contributed by atoms with Crippen LogP contribution in [0.5, 0.6) is 0 Å². The monoisotopic (exact) mass is 320 g/mol. The van der Waals surface area contributed by atoms with Crippen molar-refractivity contribution in [3.05, 3.63) is 0 Å². The van der Waals surface area contributed by atoms with Crippen molar-refractivity contribution in [3.63, 3.8) is 0 Å². The average Bonchev–Trinajstić information content (AvgIpc) is 2.36. The number of aliphatic hydroxyl groups excluding tert-OH is 1. The highest BCUT2D eigenvalue weighted by molar-refractivity contribution is 7.87. The predicted octanol–water partition coefficient (Wildman–Crippen LogP) is 0.246. The molecule has 1 aliphatic rings. The van der Waals surface area contributed by atoms with Gasteiger partial charge in [-0.2, -0.15) is 30.6 Å². The molecule has 0 aliphatic carbocycles. The van der Waals surface area contributed by atoms with Crippen molar-refractivity contribution in [1.82, 2.24) is 9.03 Å². The maximum absolute atomic E-state index is 11.9. The van der Waals surface area contributed by atoms with Gasteiger partial charge < -0.3 is 9.84 Å². The van der Waals surface area contributed by atoms with E-state index in [4.69, 9.17) is 5.11 Å². The molecule has 20 heavy (non-hydrogen) atoms. The fourth-order valence-electron chi connectivity index (χ4n) is 1.99. The molecule has 1 saturated heterocycles. The Morgan fingerprint density at radius 1 is 1.35 bits per heavy atom. The van der Waals surface area contributed by atoms with E-state index < -0.39 is 29.0 Å². The molecule has 0 aromatic rings. The van der Waals surface area contributed by atoms with E-state index in [0.29, 0.717) is 19.4 Å². The lowest BCUT2D eigenvalue weighted by molar-refractivity contribution is -0.173. The first-order valence-corrected chi connectivity index (χ1v) is 7.72. The largest absolute Gasteiger partial charge is 0.411 e. The average molecular weight is 320 g/mol. The van der Waals surface area contributed by atoms with Gasteiger partial charge in [-0.15, -0.1) is 0 Å². The van der Waals surface area contributed by atoms with Crippen LogP contribution in [0, 0.1) is 0 Å². The summed E-state index contributed by atoms with van der Waals surface area (Å²) < 4.78 is 66.9. The Kier molecular flexibility index (Phi) is 6.65. The van der Waals surface area contributed by atoms with Gasteiger partial charge in [0.2, 0.25) is 0 Å². The molecule has 2 N–H and O–H groups in total. The van der Waals surface area contributed by atoms with Crippen LogP contribution in [0.2, 0.25) is 0 Å². The smallest absolute Gasteiger partial charge is 0.395 e. The summed E-state index contributed by atoms with van der Waals surface area (Å²) in [6.45, 7) is -1.99. The molecule has 120 valence electrons. The molecule has 0 amide bonds. The first-order valence-electron chi connectivity index (χ1n) is 6.28. The van der Waals surface area contributed by atoms with E-state index in [-0.39, 0.29) is 19.8 Å². The minimum absolute atomic E-state index is 0.243. The van der Waals surface area contributed by atoms with Crippen LogP contribution < -0.4 is 4.72 Å². The second kappa shape index (κ2) is 7.55. The number of rotatable bonds is 7. The van der Waals surface area contributed by atoms with Gasteiger partial charge in [0.25, 0.3) is 10.2 Å². The SMILES string of the molecule is O=S(=O)(NCCOCC(F)(F)F)N1CCCCC1CO. The molecule has 0 bridgehead atoms. The summed E-state index contributed by atoms with van der Waals surface area (Å²) >= 11 is 0. The highest BCUT2D eigenvalue weighted by atomic mass is 32.2. The van der Waals surface area contributed by atoms with E-state index in [9.17, 15) is 21.6 Å². The lowest BCUT2D eigenvalue weighted by atomic mass is 10.1. The molecular weight excluding hydrogens is 301 g/mol. The van der Waals surface area contributed by atoms with Gasteiger partial charge in [-0.25, -0.2) is 0 Å². The molecule has 0 saturated carbocycles. The molecule has 6 nitrogen and oxygen atoms in total. The summed E-state index contributed by atoms with van der Waals surface area (Å²) in [7, 11) is -3.80. The molecular formula is C10H19F3N2O4S. The van der Waals surface area contributed by atoms with Crippen LogP contribution in [0.15, 0.2) is 0 Å². The quantitative estimate of drug-likeness (QED) is 0.659. The molecule has 1 unspecified atom stereocenters. The van der Waals surface area contributed by atoms with E-state index in [1.54, 1.807) is 0 Å². The lowest BCUT2D eigenvalue weighted by Crippen LogP contribution is -2.50. The number of nitrogens with zero attached hydrogens (tertiary/aromatic N) is 1. The van der Waals surface area contributed by atoms with Gasteiger partial charge in [0.1, 0.15) is 6.61 Å². The van der Waals surface area contributed by atoms with Crippen molar-refractivity contribution in [1.29, 1.82) is 0 Å². The zero-order valence-electron chi connectivity index (χ0n) is 10.9. The molecule has 1 atom stereocenters. The van der Waals surface area contributed by atoms with Crippen LogP contribution in [0.1, 0.15) is 19.3 Å². The number of ether oxygens (including phenoxy) is 1. The van der Waals surface area contributed by atoms with Gasteiger partial charge in [0.05, 0.1) is 13.2 Å². The molecule has 0 aromatic carbocycles. The molecule has 1 rings (SSSR count). The maximum Gasteiger partial charge on any atom is 0.411 e. The van der Waals surface area contributed by atoms with Crippen LogP contribution in [0.3, 0.4) is 0 Å². The van der Waals surface area contributed by atoms with E-state index >= 15 is 0 Å². The topological polar surface area (TPSA) is 78.9 Å². The number of nitrogens with one attached hydrogen (secondary N) is 1. The number of piperidine rings is 1. The van der Waals surface area contributed by atoms with Crippen LogP contribution in [0.4, 0.5) is 13.2 Å². The van der Waals surface area contributed by atoms with Gasteiger partial charge >= 0.3 is 6.18 Å². The summed E-state index contributed by atoms with van der Waals surface area (Å²) in [5, 5.41) is 9.14. The van der Waals surface area contributed by atoms with E-state index in [1.807, 2.05) is 0 Å². The van der Waals surface area contributed by atoms with Crippen molar-refractivity contribution in [2.45, 2.75) is 31.5 Å². The minimum atomic E-state index is -4.42. The fourth-order valence-corrected chi connectivity index (χ4v) is 3.43. The van der Waals surface area contributed by atoms with Gasteiger partial charge in [-0.1, -0.05) is 6.42 Å². The Morgan fingerprint density at radius 2 is 2.05 bits per heavy atom. The molecule has 0 radical (unpaired) electrons. The maximum atomic E-state index is 11.9. The number of alkyl halides is 3. The van der Waals surface area contributed by atoms with Crippen LogP contribution in [0.25, 0.3) is 0 Å². The third-order valence-corrected chi connectivity index (χ3v) is 4.56. The molecule has 0 aromatic heterocycles. The van der Waals surface area contributed by atoms with E-state index in [0.717, 1.165) is 10.7 Å². The first kappa shape index (κ1) is 17.6. The fraction of sp³-hybridized carbons (Fsp3) is 1.00. The Bertz CT molecular complexity index is 388. The van der Waals surface area contributed by atoms with Crippen molar-refractivity contribution in [2.75, 3.05) is 32.9 Å². The van der Waals surface area contributed by atoms with Crippen LogP contribution >= 0.6 is 0 Å². The highest BCUT2D eigenvalue weighted by Crippen LogP contribution is 2.19. The predicted molar refractivity (Wildman–Crippen MR) is 65.2 cm³/mol. The molecule has 1 fully saturated rings. The van der Waals surface area contributed by atoms with Crippen molar-refractivity contribution in [2.24, 2.45) is 0 Å². The lowest BCUT2D eigenvalue weighted by Gasteiger charge is -2.33. The highest BCUT2D eigenvalue weighted by Gasteiger charge is 2.31.